The topological polar surface area (TPSA) is 95.4 Å². The molecule has 0 heterocycles. The Bertz CT molecular complexity index is 541. The van der Waals surface area contributed by atoms with Crippen molar-refractivity contribution in [1.29, 1.82) is 0 Å². The van der Waals surface area contributed by atoms with Gasteiger partial charge in [0, 0.05) is 18.7 Å². The van der Waals surface area contributed by atoms with Crippen LogP contribution in [-0.4, -0.2) is 39.1 Å². The van der Waals surface area contributed by atoms with E-state index in [2.05, 4.69) is 0 Å². The van der Waals surface area contributed by atoms with Gasteiger partial charge in [-0.2, -0.15) is 0 Å². The Morgan fingerprint density at radius 3 is 2.22 bits per heavy atom. The lowest BCUT2D eigenvalue weighted by Gasteiger charge is -2.08. The van der Waals surface area contributed by atoms with Crippen LogP contribution in [-0.2, 0) is 9.84 Å². The Labute approximate surface area is 107 Å². The molecule has 5 nitrogen and oxygen atoms in total. The van der Waals surface area contributed by atoms with Crippen LogP contribution >= 0.6 is 0 Å². The highest BCUT2D eigenvalue weighted by molar-refractivity contribution is 7.91. The summed E-state index contributed by atoms with van der Waals surface area (Å²) in [6, 6.07) is 7.27. The van der Waals surface area contributed by atoms with Gasteiger partial charge in [-0.3, -0.25) is 0 Å². The standard InChI is InChI=1S/C12H18N2O3S/c1-17-9-5-3-8(4-6-9)10-11(18(2,15)16)12(10,14)7-13/h3-6,10-11H,7,13-14H2,1-2H3/t10-,11+,12-/m1/s1. The number of benzene rings is 1. The van der Waals surface area contributed by atoms with Crippen molar-refractivity contribution in [2.75, 3.05) is 19.9 Å². The zero-order valence-corrected chi connectivity index (χ0v) is 11.3. The Morgan fingerprint density at radius 1 is 1.33 bits per heavy atom. The maximum atomic E-state index is 11.7. The molecule has 100 valence electrons. The Balaban J connectivity index is 2.33. The summed E-state index contributed by atoms with van der Waals surface area (Å²) in [6.07, 6.45) is 1.21. The first-order valence-electron chi connectivity index (χ1n) is 5.66. The van der Waals surface area contributed by atoms with Crippen molar-refractivity contribution < 1.29 is 13.2 Å². The first kappa shape index (κ1) is 13.3. The summed E-state index contributed by atoms with van der Waals surface area (Å²) in [5, 5.41) is -0.594. The highest BCUT2D eigenvalue weighted by Crippen LogP contribution is 2.53. The number of methoxy groups -OCH3 is 1. The normalized spacial score (nSPS) is 31.1. The lowest BCUT2D eigenvalue weighted by atomic mass is 10.1. The highest BCUT2D eigenvalue weighted by atomic mass is 32.2. The minimum Gasteiger partial charge on any atom is -0.497 e. The minimum atomic E-state index is -3.20. The maximum absolute atomic E-state index is 11.7. The molecule has 1 aliphatic rings. The molecule has 0 aliphatic heterocycles. The second kappa shape index (κ2) is 4.22. The largest absolute Gasteiger partial charge is 0.497 e. The molecule has 1 aliphatic carbocycles. The second-order valence-electron chi connectivity index (χ2n) is 4.82. The Morgan fingerprint density at radius 2 is 1.89 bits per heavy atom. The Kier molecular flexibility index (Phi) is 3.12. The van der Waals surface area contributed by atoms with Crippen LogP contribution in [0.25, 0.3) is 0 Å². The van der Waals surface area contributed by atoms with Crippen LogP contribution in [0, 0.1) is 0 Å². The van der Waals surface area contributed by atoms with E-state index in [1.807, 2.05) is 12.1 Å². The van der Waals surface area contributed by atoms with Gasteiger partial charge in [-0.1, -0.05) is 12.1 Å². The molecule has 0 aromatic heterocycles. The molecule has 0 unspecified atom stereocenters. The summed E-state index contributed by atoms with van der Waals surface area (Å²) in [4.78, 5) is 0. The van der Waals surface area contributed by atoms with Crippen molar-refractivity contribution >= 4 is 9.84 Å². The van der Waals surface area contributed by atoms with Crippen molar-refractivity contribution in [2.45, 2.75) is 16.7 Å². The zero-order valence-electron chi connectivity index (χ0n) is 10.5. The molecule has 6 heteroatoms. The fraction of sp³-hybridized carbons (Fsp3) is 0.500. The van der Waals surface area contributed by atoms with Crippen molar-refractivity contribution in [2.24, 2.45) is 11.5 Å². The zero-order chi connectivity index (χ0) is 13.6. The second-order valence-corrected chi connectivity index (χ2v) is 6.98. The van der Waals surface area contributed by atoms with E-state index in [4.69, 9.17) is 16.2 Å². The summed E-state index contributed by atoms with van der Waals surface area (Å²) >= 11 is 0. The van der Waals surface area contributed by atoms with E-state index in [9.17, 15) is 8.42 Å². The predicted octanol–water partition coefficient (Wildman–Crippen LogP) is -0.138. The van der Waals surface area contributed by atoms with Crippen LogP contribution in [0.4, 0.5) is 0 Å². The average molecular weight is 270 g/mol. The van der Waals surface area contributed by atoms with Crippen molar-refractivity contribution in [1.82, 2.24) is 0 Å². The van der Waals surface area contributed by atoms with E-state index in [0.717, 1.165) is 11.3 Å². The van der Waals surface area contributed by atoms with Gasteiger partial charge < -0.3 is 16.2 Å². The molecule has 18 heavy (non-hydrogen) atoms. The van der Waals surface area contributed by atoms with Gasteiger partial charge in [-0.25, -0.2) is 8.42 Å². The predicted molar refractivity (Wildman–Crippen MR) is 70.3 cm³/mol. The summed E-state index contributed by atoms with van der Waals surface area (Å²) in [5.41, 5.74) is 11.8. The van der Waals surface area contributed by atoms with Gasteiger partial charge in [-0.15, -0.1) is 0 Å². The molecule has 1 fully saturated rings. The third-order valence-electron chi connectivity index (χ3n) is 3.59. The maximum Gasteiger partial charge on any atom is 0.152 e. The van der Waals surface area contributed by atoms with Crippen molar-refractivity contribution in [3.05, 3.63) is 29.8 Å². The van der Waals surface area contributed by atoms with Gasteiger partial charge in [0.1, 0.15) is 5.75 Å². The van der Waals surface area contributed by atoms with Gasteiger partial charge >= 0.3 is 0 Å². The van der Waals surface area contributed by atoms with E-state index >= 15 is 0 Å². The Hall–Kier alpha value is -1.11. The van der Waals surface area contributed by atoms with Crippen LogP contribution in [0.1, 0.15) is 11.5 Å². The number of hydrogen-bond donors (Lipinski definition) is 2. The summed E-state index contributed by atoms with van der Waals surface area (Å²) in [5.74, 6) is 0.495. The van der Waals surface area contributed by atoms with Crippen molar-refractivity contribution in [3.63, 3.8) is 0 Å². The van der Waals surface area contributed by atoms with Gasteiger partial charge in [0.15, 0.2) is 9.84 Å². The number of sulfone groups is 1. The molecule has 4 N–H and O–H groups in total. The van der Waals surface area contributed by atoms with E-state index < -0.39 is 20.6 Å². The van der Waals surface area contributed by atoms with Gasteiger partial charge in [0.25, 0.3) is 0 Å². The number of rotatable bonds is 4. The molecule has 0 saturated heterocycles. The summed E-state index contributed by atoms with van der Waals surface area (Å²) in [6.45, 7) is 0.154. The van der Waals surface area contributed by atoms with Crippen LogP contribution in [0.3, 0.4) is 0 Å². The molecule has 0 radical (unpaired) electrons. The van der Waals surface area contributed by atoms with Gasteiger partial charge in [-0.05, 0) is 17.7 Å². The van der Waals surface area contributed by atoms with Gasteiger partial charge in [0.05, 0.1) is 17.9 Å². The average Bonchev–Trinajstić information content (AvgIpc) is 2.97. The molecule has 0 bridgehead atoms. The molecule has 2 rings (SSSR count). The third-order valence-corrected chi connectivity index (χ3v) is 5.23. The lowest BCUT2D eigenvalue weighted by Crippen LogP contribution is -2.38. The fourth-order valence-corrected chi connectivity index (χ4v) is 4.47. The number of nitrogens with two attached hydrogens (primary N) is 2. The van der Waals surface area contributed by atoms with E-state index in [0.29, 0.717) is 0 Å². The molecule has 3 atom stereocenters. The monoisotopic (exact) mass is 270 g/mol. The van der Waals surface area contributed by atoms with Crippen LogP contribution in [0.5, 0.6) is 5.75 Å². The van der Waals surface area contributed by atoms with Crippen LogP contribution in [0.2, 0.25) is 0 Å². The molecule has 0 spiro atoms. The first-order valence-corrected chi connectivity index (χ1v) is 7.62. The van der Waals surface area contributed by atoms with E-state index in [1.165, 1.54) is 6.26 Å². The molecule has 0 amide bonds. The molecular formula is C12H18N2O3S. The molecule has 1 aromatic carbocycles. The number of hydrogen-bond acceptors (Lipinski definition) is 5. The van der Waals surface area contributed by atoms with Crippen molar-refractivity contribution in [3.8, 4) is 5.75 Å². The highest BCUT2D eigenvalue weighted by Gasteiger charge is 2.67. The van der Waals surface area contributed by atoms with Crippen LogP contribution < -0.4 is 16.2 Å². The lowest BCUT2D eigenvalue weighted by molar-refractivity contribution is 0.414. The summed E-state index contributed by atoms with van der Waals surface area (Å²) < 4.78 is 28.5. The smallest absolute Gasteiger partial charge is 0.152 e. The fourth-order valence-electron chi connectivity index (χ4n) is 2.61. The third kappa shape index (κ3) is 2.00. The SMILES string of the molecule is COc1ccc([C@@H]2[C@H](S(C)(=O)=O)[C@@]2(N)CN)cc1. The van der Waals surface area contributed by atoms with E-state index in [1.54, 1.807) is 19.2 Å². The van der Waals surface area contributed by atoms with E-state index in [-0.39, 0.29) is 12.5 Å². The minimum absolute atomic E-state index is 0.154. The molecule has 1 aromatic rings. The van der Waals surface area contributed by atoms with Gasteiger partial charge in [0.2, 0.25) is 0 Å². The van der Waals surface area contributed by atoms with Crippen LogP contribution in [0.15, 0.2) is 24.3 Å². The summed E-state index contributed by atoms with van der Waals surface area (Å²) in [7, 11) is -1.62. The molecule has 1 saturated carbocycles. The molecular weight excluding hydrogens is 252 g/mol. The quantitative estimate of drug-likeness (QED) is 0.794. The first-order chi connectivity index (χ1) is 8.34. The number of ether oxygens (including phenoxy) is 1.